The number of carbonyl (C=O) groups excluding carboxylic acids is 1. The van der Waals surface area contributed by atoms with Gasteiger partial charge in [0.25, 0.3) is 0 Å². The first-order chi connectivity index (χ1) is 12.1. The van der Waals surface area contributed by atoms with Crippen LogP contribution in [0.25, 0.3) is 0 Å². The third-order valence-electron chi connectivity index (χ3n) is 7.00. The summed E-state index contributed by atoms with van der Waals surface area (Å²) in [4.78, 5) is 11.7. The molecular formula is C22H38O3. The summed E-state index contributed by atoms with van der Waals surface area (Å²) < 4.78 is 11.8. The number of esters is 1. The van der Waals surface area contributed by atoms with Gasteiger partial charge in [0, 0.05) is 6.61 Å². The van der Waals surface area contributed by atoms with E-state index in [1.165, 1.54) is 57.8 Å². The predicted octanol–water partition coefficient (Wildman–Crippen LogP) is 5.51. The molecule has 2 saturated carbocycles. The predicted molar refractivity (Wildman–Crippen MR) is 100 cm³/mol. The molecule has 25 heavy (non-hydrogen) atoms. The molecule has 2 aliphatic carbocycles. The van der Waals surface area contributed by atoms with Gasteiger partial charge >= 0.3 is 5.97 Å². The summed E-state index contributed by atoms with van der Waals surface area (Å²) in [6.45, 7) is 5.34. The van der Waals surface area contributed by atoms with E-state index < -0.39 is 0 Å². The van der Waals surface area contributed by atoms with Crippen LogP contribution in [0.15, 0.2) is 0 Å². The fourth-order valence-electron chi connectivity index (χ4n) is 4.87. The first-order valence-electron chi connectivity index (χ1n) is 10.9. The molecular weight excluding hydrogens is 312 g/mol. The zero-order valence-corrected chi connectivity index (χ0v) is 16.4. The molecule has 2 unspecified atom stereocenters. The third-order valence-corrected chi connectivity index (χ3v) is 7.00. The fraction of sp³-hybridized carbons (Fsp3) is 0.955. The molecule has 0 radical (unpaired) electrons. The van der Waals surface area contributed by atoms with E-state index in [4.69, 9.17) is 9.47 Å². The largest absolute Gasteiger partial charge is 0.462 e. The van der Waals surface area contributed by atoms with Gasteiger partial charge in [-0.15, -0.1) is 0 Å². The molecule has 0 aromatic rings. The van der Waals surface area contributed by atoms with Crippen LogP contribution in [0.3, 0.4) is 0 Å². The summed E-state index contributed by atoms with van der Waals surface area (Å²) in [5, 5.41) is 0. The van der Waals surface area contributed by atoms with Gasteiger partial charge in [-0.3, -0.25) is 4.79 Å². The van der Waals surface area contributed by atoms with Crippen molar-refractivity contribution < 1.29 is 14.3 Å². The van der Waals surface area contributed by atoms with Crippen LogP contribution < -0.4 is 0 Å². The number of rotatable bonds is 6. The minimum Gasteiger partial charge on any atom is -0.462 e. The molecule has 1 saturated heterocycles. The number of carbonyl (C=O) groups is 1. The molecule has 1 heterocycles. The third kappa shape index (κ3) is 5.98. The fourth-order valence-corrected chi connectivity index (χ4v) is 4.87. The Labute approximate surface area is 154 Å². The minimum absolute atomic E-state index is 0.0224. The smallest absolute Gasteiger partial charge is 0.308 e. The van der Waals surface area contributed by atoms with Crippen molar-refractivity contribution in [1.82, 2.24) is 0 Å². The van der Waals surface area contributed by atoms with Gasteiger partial charge in [-0.2, -0.15) is 0 Å². The maximum atomic E-state index is 11.7. The number of cyclic esters (lactones) is 1. The molecule has 3 rings (SSSR count). The average molecular weight is 351 g/mol. The van der Waals surface area contributed by atoms with Gasteiger partial charge in [0.15, 0.2) is 0 Å². The Hall–Kier alpha value is -0.570. The lowest BCUT2D eigenvalue weighted by molar-refractivity contribution is -0.160. The van der Waals surface area contributed by atoms with E-state index in [0.717, 1.165) is 43.6 Å². The van der Waals surface area contributed by atoms with Crippen LogP contribution in [0.2, 0.25) is 0 Å². The van der Waals surface area contributed by atoms with Gasteiger partial charge in [0.1, 0.15) is 6.10 Å². The Morgan fingerprint density at radius 1 is 0.840 bits per heavy atom. The SMILES string of the molecule is CC1CCC(OCC2CCC(CCC3CCC(C)C(=O)O3)CC2)CC1. The van der Waals surface area contributed by atoms with Gasteiger partial charge < -0.3 is 9.47 Å². The average Bonchev–Trinajstić information content (AvgIpc) is 2.63. The summed E-state index contributed by atoms with van der Waals surface area (Å²) in [6, 6.07) is 0. The van der Waals surface area contributed by atoms with Crippen LogP contribution in [0, 0.1) is 23.7 Å². The second kappa shape index (κ2) is 9.39. The lowest BCUT2D eigenvalue weighted by Crippen LogP contribution is -2.30. The highest BCUT2D eigenvalue weighted by molar-refractivity contribution is 5.72. The maximum Gasteiger partial charge on any atom is 0.308 e. The zero-order chi connectivity index (χ0) is 17.6. The Morgan fingerprint density at radius 3 is 2.20 bits per heavy atom. The maximum absolute atomic E-state index is 11.7. The first kappa shape index (κ1) is 19.2. The molecule has 0 bridgehead atoms. The van der Waals surface area contributed by atoms with Crippen molar-refractivity contribution in [3.8, 4) is 0 Å². The molecule has 0 spiro atoms. The molecule has 2 atom stereocenters. The van der Waals surface area contributed by atoms with Crippen molar-refractivity contribution >= 4 is 5.97 Å². The van der Waals surface area contributed by atoms with Crippen molar-refractivity contribution in [2.75, 3.05) is 6.61 Å². The second-order valence-corrected chi connectivity index (χ2v) is 9.22. The van der Waals surface area contributed by atoms with E-state index in [0.29, 0.717) is 6.10 Å². The van der Waals surface area contributed by atoms with Gasteiger partial charge in [0.05, 0.1) is 12.0 Å². The summed E-state index contributed by atoms with van der Waals surface area (Å²) >= 11 is 0. The van der Waals surface area contributed by atoms with Crippen molar-refractivity contribution in [1.29, 1.82) is 0 Å². The molecule has 3 aliphatic rings. The zero-order valence-electron chi connectivity index (χ0n) is 16.4. The van der Waals surface area contributed by atoms with Crippen molar-refractivity contribution in [3.63, 3.8) is 0 Å². The Bertz CT molecular complexity index is 405. The molecule has 144 valence electrons. The molecule has 0 N–H and O–H groups in total. The number of ether oxygens (including phenoxy) is 2. The van der Waals surface area contributed by atoms with Crippen molar-refractivity contribution in [3.05, 3.63) is 0 Å². The van der Waals surface area contributed by atoms with Crippen LogP contribution in [0.4, 0.5) is 0 Å². The summed E-state index contributed by atoms with van der Waals surface area (Å²) in [6.07, 6.45) is 15.7. The molecule has 1 aliphatic heterocycles. The number of hydrogen-bond acceptors (Lipinski definition) is 3. The Morgan fingerprint density at radius 2 is 1.52 bits per heavy atom. The topological polar surface area (TPSA) is 35.5 Å². The second-order valence-electron chi connectivity index (χ2n) is 9.22. The first-order valence-corrected chi connectivity index (χ1v) is 10.9. The van der Waals surface area contributed by atoms with Gasteiger partial charge in [-0.05, 0) is 82.0 Å². The summed E-state index contributed by atoms with van der Waals surface area (Å²) in [5.74, 6) is 2.66. The molecule has 0 aromatic carbocycles. The van der Waals surface area contributed by atoms with E-state index in [9.17, 15) is 4.79 Å². The minimum atomic E-state index is 0.0224. The van der Waals surface area contributed by atoms with Crippen molar-refractivity contribution in [2.24, 2.45) is 23.7 Å². The van der Waals surface area contributed by atoms with Crippen LogP contribution in [-0.2, 0) is 14.3 Å². The van der Waals surface area contributed by atoms with E-state index in [-0.39, 0.29) is 18.0 Å². The standard InChI is InChI=1S/C22H38O3/c1-16-3-11-20(12-4-16)24-15-19-8-6-18(7-9-19)10-14-21-13-5-17(2)22(23)25-21/h16-21H,3-15H2,1-2H3. The number of hydrogen-bond donors (Lipinski definition) is 0. The highest BCUT2D eigenvalue weighted by atomic mass is 16.5. The Kier molecular flexibility index (Phi) is 7.21. The monoisotopic (exact) mass is 350 g/mol. The summed E-state index contributed by atoms with van der Waals surface area (Å²) in [5.41, 5.74) is 0. The quantitative estimate of drug-likeness (QED) is 0.593. The molecule has 3 heteroatoms. The van der Waals surface area contributed by atoms with E-state index >= 15 is 0 Å². The van der Waals surface area contributed by atoms with Gasteiger partial charge in [-0.25, -0.2) is 0 Å². The molecule has 0 aromatic heterocycles. The highest BCUT2D eigenvalue weighted by Crippen LogP contribution is 2.34. The Balaban J connectivity index is 1.26. The highest BCUT2D eigenvalue weighted by Gasteiger charge is 2.28. The molecule has 3 fully saturated rings. The van der Waals surface area contributed by atoms with Crippen LogP contribution in [0.1, 0.15) is 90.9 Å². The van der Waals surface area contributed by atoms with E-state index in [1.54, 1.807) is 0 Å². The lowest BCUT2D eigenvalue weighted by atomic mass is 9.79. The van der Waals surface area contributed by atoms with Gasteiger partial charge in [0.2, 0.25) is 0 Å². The van der Waals surface area contributed by atoms with Crippen LogP contribution >= 0.6 is 0 Å². The van der Waals surface area contributed by atoms with Gasteiger partial charge in [-0.1, -0.05) is 26.7 Å². The van der Waals surface area contributed by atoms with Crippen molar-refractivity contribution in [2.45, 2.75) is 103 Å². The molecule has 3 nitrogen and oxygen atoms in total. The van der Waals surface area contributed by atoms with Crippen LogP contribution in [-0.4, -0.2) is 24.8 Å². The summed E-state index contributed by atoms with van der Waals surface area (Å²) in [7, 11) is 0. The molecule has 0 amide bonds. The normalized spacial score (nSPS) is 39.8. The lowest BCUT2D eigenvalue weighted by Gasteiger charge is -2.32. The van der Waals surface area contributed by atoms with E-state index in [1.807, 2.05) is 6.92 Å². The van der Waals surface area contributed by atoms with E-state index in [2.05, 4.69) is 6.92 Å². The van der Waals surface area contributed by atoms with Crippen LogP contribution in [0.5, 0.6) is 0 Å².